The Morgan fingerprint density at radius 2 is 1.72 bits per heavy atom. The molecule has 1 atom stereocenters. The third kappa shape index (κ3) is 2.64. The average Bonchev–Trinajstić information content (AvgIpc) is 2.26. The minimum atomic E-state index is -4.63. The van der Waals surface area contributed by atoms with E-state index in [9.17, 15) is 23.1 Å². The number of hydrogen-bond acceptors (Lipinski definition) is 2. The quantitative estimate of drug-likeness (QED) is 0.880. The molecule has 0 saturated heterocycles. The van der Waals surface area contributed by atoms with Gasteiger partial charge in [-0.05, 0) is 25.5 Å². The highest BCUT2D eigenvalue weighted by Gasteiger charge is 2.42. The zero-order valence-electron chi connectivity index (χ0n) is 9.82. The van der Waals surface area contributed by atoms with Crippen LogP contribution in [0.4, 0.5) is 13.2 Å². The molecule has 0 saturated carbocycles. The van der Waals surface area contributed by atoms with Crippen molar-refractivity contribution in [2.45, 2.75) is 26.1 Å². The molecule has 0 radical (unpaired) electrons. The third-order valence-corrected chi connectivity index (χ3v) is 2.80. The lowest BCUT2D eigenvalue weighted by molar-refractivity contribution is -0.156. The smallest absolute Gasteiger partial charge is 0.416 e. The first-order valence-corrected chi connectivity index (χ1v) is 5.16. The van der Waals surface area contributed by atoms with E-state index in [1.807, 2.05) is 0 Å². The van der Waals surface area contributed by atoms with E-state index in [-0.39, 0.29) is 0 Å². The number of hydrogen-bond donors (Lipinski definition) is 2. The number of carbonyl (C=O) groups is 1. The Labute approximate surface area is 102 Å². The first-order valence-electron chi connectivity index (χ1n) is 5.16. The van der Waals surface area contributed by atoms with Gasteiger partial charge < -0.3 is 10.2 Å². The molecule has 3 nitrogen and oxygen atoms in total. The number of halogens is 3. The van der Waals surface area contributed by atoms with E-state index in [4.69, 9.17) is 5.11 Å². The topological polar surface area (TPSA) is 57.5 Å². The van der Waals surface area contributed by atoms with Gasteiger partial charge in [0.1, 0.15) is 0 Å². The molecule has 0 aliphatic carbocycles. The van der Waals surface area contributed by atoms with Gasteiger partial charge in [0.05, 0.1) is 17.1 Å². The van der Waals surface area contributed by atoms with Gasteiger partial charge in [0.15, 0.2) is 0 Å². The number of aliphatic hydroxyl groups is 1. The second-order valence-electron chi connectivity index (χ2n) is 4.51. The van der Waals surface area contributed by atoms with Crippen LogP contribution in [0.2, 0.25) is 0 Å². The second kappa shape index (κ2) is 4.61. The van der Waals surface area contributed by atoms with E-state index in [2.05, 4.69) is 0 Å². The van der Waals surface area contributed by atoms with Gasteiger partial charge in [-0.1, -0.05) is 18.2 Å². The van der Waals surface area contributed by atoms with Crippen molar-refractivity contribution in [2.75, 3.05) is 0 Å². The molecule has 1 aromatic rings. The minimum Gasteiger partial charge on any atom is -0.481 e. The highest BCUT2D eigenvalue weighted by Crippen LogP contribution is 2.40. The van der Waals surface area contributed by atoms with Crippen molar-refractivity contribution in [3.8, 4) is 0 Å². The number of aliphatic carboxylic acids is 1. The molecule has 18 heavy (non-hydrogen) atoms. The normalized spacial score (nSPS) is 14.3. The van der Waals surface area contributed by atoms with Gasteiger partial charge >= 0.3 is 12.1 Å². The zero-order valence-corrected chi connectivity index (χ0v) is 9.82. The molecule has 0 spiro atoms. The van der Waals surface area contributed by atoms with Crippen LogP contribution in [0.25, 0.3) is 0 Å². The van der Waals surface area contributed by atoms with E-state index >= 15 is 0 Å². The molecule has 6 heteroatoms. The molecule has 0 aliphatic rings. The molecule has 0 aromatic heterocycles. The summed E-state index contributed by atoms with van der Waals surface area (Å²) in [5.41, 5.74) is -3.16. The standard InChI is InChI=1S/C12H13F3O3/c1-11(2,10(17)18)9(16)7-5-3-4-6-8(7)12(13,14)15/h3-6,9,16H,1-2H3,(H,17,18). The van der Waals surface area contributed by atoms with Crippen molar-refractivity contribution in [1.82, 2.24) is 0 Å². The fourth-order valence-electron chi connectivity index (χ4n) is 1.50. The summed E-state index contributed by atoms with van der Waals surface area (Å²) in [4.78, 5) is 11.0. The largest absolute Gasteiger partial charge is 0.481 e. The Balaban J connectivity index is 3.31. The van der Waals surface area contributed by atoms with Crippen LogP contribution in [0.15, 0.2) is 24.3 Å². The monoisotopic (exact) mass is 262 g/mol. The van der Waals surface area contributed by atoms with Crippen LogP contribution in [0.5, 0.6) is 0 Å². The molecule has 0 heterocycles. The summed E-state index contributed by atoms with van der Waals surface area (Å²) in [5.74, 6) is -1.37. The first kappa shape index (κ1) is 14.5. The lowest BCUT2D eigenvalue weighted by Crippen LogP contribution is -2.32. The number of aliphatic hydroxyl groups excluding tert-OH is 1. The van der Waals surface area contributed by atoms with Crippen molar-refractivity contribution in [1.29, 1.82) is 0 Å². The number of carboxylic acid groups (broad SMARTS) is 1. The Hall–Kier alpha value is -1.56. The van der Waals surface area contributed by atoms with Gasteiger partial charge in [0.25, 0.3) is 0 Å². The Morgan fingerprint density at radius 3 is 2.17 bits per heavy atom. The van der Waals surface area contributed by atoms with E-state index in [0.29, 0.717) is 0 Å². The minimum absolute atomic E-state index is 0.433. The maximum atomic E-state index is 12.7. The van der Waals surface area contributed by atoms with Crippen molar-refractivity contribution in [3.05, 3.63) is 35.4 Å². The lowest BCUT2D eigenvalue weighted by atomic mass is 9.81. The Bertz CT molecular complexity index is 452. The summed E-state index contributed by atoms with van der Waals surface area (Å²) in [5, 5.41) is 18.8. The van der Waals surface area contributed by atoms with E-state index in [1.54, 1.807) is 0 Å². The highest BCUT2D eigenvalue weighted by atomic mass is 19.4. The molecule has 1 rings (SSSR count). The van der Waals surface area contributed by atoms with Gasteiger partial charge in [0.2, 0.25) is 0 Å². The molecule has 1 aromatic carbocycles. The molecule has 0 amide bonds. The molecule has 1 unspecified atom stereocenters. The summed E-state index contributed by atoms with van der Waals surface area (Å²) >= 11 is 0. The van der Waals surface area contributed by atoms with E-state index in [0.717, 1.165) is 12.1 Å². The van der Waals surface area contributed by atoms with Gasteiger partial charge in [-0.2, -0.15) is 13.2 Å². The molecule has 100 valence electrons. The van der Waals surface area contributed by atoms with Crippen LogP contribution in [0.1, 0.15) is 31.1 Å². The molecule has 0 bridgehead atoms. The van der Waals surface area contributed by atoms with E-state index in [1.165, 1.54) is 26.0 Å². The van der Waals surface area contributed by atoms with Crippen LogP contribution in [-0.4, -0.2) is 16.2 Å². The van der Waals surface area contributed by atoms with Gasteiger partial charge in [-0.25, -0.2) is 0 Å². The fourth-order valence-corrected chi connectivity index (χ4v) is 1.50. The third-order valence-electron chi connectivity index (χ3n) is 2.80. The summed E-state index contributed by atoms with van der Waals surface area (Å²) in [7, 11) is 0. The van der Waals surface area contributed by atoms with Crippen molar-refractivity contribution >= 4 is 5.97 Å². The average molecular weight is 262 g/mol. The second-order valence-corrected chi connectivity index (χ2v) is 4.51. The SMILES string of the molecule is CC(C)(C(=O)O)C(O)c1ccccc1C(F)(F)F. The summed E-state index contributed by atoms with van der Waals surface area (Å²) in [6.07, 6.45) is -6.38. The molecular formula is C12H13F3O3. The fraction of sp³-hybridized carbons (Fsp3) is 0.417. The lowest BCUT2D eigenvalue weighted by Gasteiger charge is -2.28. The van der Waals surface area contributed by atoms with Crippen LogP contribution in [0.3, 0.4) is 0 Å². The highest BCUT2D eigenvalue weighted by molar-refractivity contribution is 5.74. The molecular weight excluding hydrogens is 249 g/mol. The summed E-state index contributed by atoms with van der Waals surface area (Å²) < 4.78 is 38.2. The Kier molecular flexibility index (Phi) is 3.71. The zero-order chi connectivity index (χ0) is 14.1. The number of carboxylic acids is 1. The van der Waals surface area contributed by atoms with E-state index < -0.39 is 34.8 Å². The van der Waals surface area contributed by atoms with Gasteiger partial charge in [-0.3, -0.25) is 4.79 Å². The maximum Gasteiger partial charge on any atom is 0.416 e. The molecule has 0 fully saturated rings. The first-order chi connectivity index (χ1) is 8.08. The van der Waals surface area contributed by atoms with Crippen molar-refractivity contribution in [2.24, 2.45) is 5.41 Å². The number of alkyl halides is 3. The summed E-state index contributed by atoms with van der Waals surface area (Å²) in [6, 6.07) is 4.41. The predicted molar refractivity (Wildman–Crippen MR) is 57.8 cm³/mol. The number of rotatable bonds is 3. The van der Waals surface area contributed by atoms with Crippen molar-refractivity contribution in [3.63, 3.8) is 0 Å². The predicted octanol–water partition coefficient (Wildman–Crippen LogP) is 2.85. The number of benzene rings is 1. The van der Waals surface area contributed by atoms with Crippen LogP contribution < -0.4 is 0 Å². The summed E-state index contributed by atoms with van der Waals surface area (Å²) in [6.45, 7) is 2.35. The van der Waals surface area contributed by atoms with Crippen LogP contribution in [-0.2, 0) is 11.0 Å². The Morgan fingerprint density at radius 1 is 1.22 bits per heavy atom. The maximum absolute atomic E-state index is 12.7. The van der Waals surface area contributed by atoms with Crippen LogP contribution >= 0.6 is 0 Å². The van der Waals surface area contributed by atoms with Crippen molar-refractivity contribution < 1.29 is 28.2 Å². The van der Waals surface area contributed by atoms with Crippen LogP contribution in [0, 0.1) is 5.41 Å². The molecule has 2 N–H and O–H groups in total. The van der Waals surface area contributed by atoms with Gasteiger partial charge in [0, 0.05) is 0 Å². The van der Waals surface area contributed by atoms with Gasteiger partial charge in [-0.15, -0.1) is 0 Å². The molecule has 0 aliphatic heterocycles.